The highest BCUT2D eigenvalue weighted by molar-refractivity contribution is 6.33. The van der Waals surface area contributed by atoms with Gasteiger partial charge in [0.25, 0.3) is 0 Å². The summed E-state index contributed by atoms with van der Waals surface area (Å²) in [7, 11) is 0. The molecule has 4 nitrogen and oxygen atoms in total. The van der Waals surface area contributed by atoms with E-state index >= 15 is 0 Å². The van der Waals surface area contributed by atoms with E-state index < -0.39 is 11.6 Å². The molecule has 0 atom stereocenters. The standard InChI is InChI=1S/C19H14ClF2N3O/c20-14-7-18-11(4-5-26-18)6-12(14)17-9-25-19(10-23-17)24-8-13-15(21)2-1-3-16(13)22/h1-3,6-7,9-10H,4-5,8H2,(H,24,25). The van der Waals surface area contributed by atoms with Crippen molar-refractivity contribution in [2.75, 3.05) is 11.9 Å². The summed E-state index contributed by atoms with van der Waals surface area (Å²) >= 11 is 6.31. The van der Waals surface area contributed by atoms with Crippen LogP contribution in [0.3, 0.4) is 0 Å². The van der Waals surface area contributed by atoms with E-state index in [2.05, 4.69) is 15.3 Å². The predicted molar refractivity (Wildman–Crippen MR) is 95.4 cm³/mol. The Hall–Kier alpha value is -2.73. The van der Waals surface area contributed by atoms with Crippen LogP contribution in [0.4, 0.5) is 14.6 Å². The van der Waals surface area contributed by atoms with Crippen LogP contribution in [-0.4, -0.2) is 16.6 Å². The van der Waals surface area contributed by atoms with Crippen LogP contribution >= 0.6 is 11.6 Å². The first-order valence-electron chi connectivity index (χ1n) is 8.06. The molecule has 0 fully saturated rings. The SMILES string of the molecule is Fc1cccc(F)c1CNc1cnc(-c2cc3c(cc2Cl)OCC3)cn1. The second-order valence-electron chi connectivity index (χ2n) is 5.88. The number of ether oxygens (including phenoxy) is 1. The van der Waals surface area contributed by atoms with E-state index in [1.165, 1.54) is 24.4 Å². The third kappa shape index (κ3) is 3.20. The van der Waals surface area contributed by atoms with Crippen LogP contribution in [0.25, 0.3) is 11.3 Å². The van der Waals surface area contributed by atoms with Crippen LogP contribution in [0.5, 0.6) is 5.75 Å². The molecule has 0 unspecified atom stereocenters. The van der Waals surface area contributed by atoms with E-state index in [-0.39, 0.29) is 12.1 Å². The molecule has 0 bridgehead atoms. The van der Waals surface area contributed by atoms with Gasteiger partial charge >= 0.3 is 0 Å². The Labute approximate surface area is 153 Å². The van der Waals surface area contributed by atoms with Crippen LogP contribution in [0.2, 0.25) is 5.02 Å². The van der Waals surface area contributed by atoms with E-state index in [9.17, 15) is 8.78 Å². The Balaban J connectivity index is 1.52. The number of aromatic nitrogens is 2. The molecule has 1 aliphatic heterocycles. The van der Waals surface area contributed by atoms with Crippen LogP contribution in [0, 0.1) is 11.6 Å². The molecule has 0 amide bonds. The minimum Gasteiger partial charge on any atom is -0.493 e. The molecule has 0 aliphatic carbocycles. The molecular weight excluding hydrogens is 360 g/mol. The van der Waals surface area contributed by atoms with Gasteiger partial charge in [-0.2, -0.15) is 0 Å². The molecule has 0 spiro atoms. The third-order valence-electron chi connectivity index (χ3n) is 4.21. The highest BCUT2D eigenvalue weighted by Gasteiger charge is 2.17. The van der Waals surface area contributed by atoms with Gasteiger partial charge in [0.15, 0.2) is 0 Å². The quantitative estimate of drug-likeness (QED) is 0.724. The van der Waals surface area contributed by atoms with E-state index in [0.29, 0.717) is 23.1 Å². The maximum atomic E-state index is 13.7. The molecule has 0 saturated carbocycles. The fourth-order valence-corrected chi connectivity index (χ4v) is 3.09. The van der Waals surface area contributed by atoms with Gasteiger partial charge in [-0.25, -0.2) is 13.8 Å². The minimum absolute atomic E-state index is 0.0243. The van der Waals surface area contributed by atoms with Crippen LogP contribution < -0.4 is 10.1 Å². The van der Waals surface area contributed by atoms with E-state index in [4.69, 9.17) is 16.3 Å². The van der Waals surface area contributed by atoms with Crippen molar-refractivity contribution in [1.82, 2.24) is 9.97 Å². The van der Waals surface area contributed by atoms with Crippen molar-refractivity contribution in [3.8, 4) is 17.0 Å². The first-order valence-corrected chi connectivity index (χ1v) is 8.44. The summed E-state index contributed by atoms with van der Waals surface area (Å²) in [4.78, 5) is 8.61. The smallest absolute Gasteiger partial charge is 0.144 e. The molecule has 26 heavy (non-hydrogen) atoms. The van der Waals surface area contributed by atoms with Gasteiger partial charge in [0.2, 0.25) is 0 Å². The lowest BCUT2D eigenvalue weighted by Gasteiger charge is -2.09. The molecular formula is C19H14ClF2N3O. The van der Waals surface area contributed by atoms with Gasteiger partial charge < -0.3 is 10.1 Å². The molecule has 132 valence electrons. The van der Waals surface area contributed by atoms with Crippen molar-refractivity contribution < 1.29 is 13.5 Å². The first-order chi connectivity index (χ1) is 12.6. The van der Waals surface area contributed by atoms with Gasteiger partial charge in [0.1, 0.15) is 23.2 Å². The van der Waals surface area contributed by atoms with Gasteiger partial charge in [-0.3, -0.25) is 4.98 Å². The zero-order chi connectivity index (χ0) is 18.1. The Kier molecular flexibility index (Phi) is 4.42. The molecule has 1 N–H and O–H groups in total. The van der Waals surface area contributed by atoms with Crippen LogP contribution in [0.1, 0.15) is 11.1 Å². The second kappa shape index (κ2) is 6.88. The number of nitrogens with zero attached hydrogens (tertiary/aromatic N) is 2. The molecule has 0 radical (unpaired) electrons. The Morgan fingerprint density at radius 3 is 2.65 bits per heavy atom. The maximum absolute atomic E-state index is 13.7. The summed E-state index contributed by atoms with van der Waals surface area (Å²) in [6, 6.07) is 7.50. The van der Waals surface area contributed by atoms with Gasteiger partial charge in [-0.1, -0.05) is 17.7 Å². The second-order valence-corrected chi connectivity index (χ2v) is 6.29. The zero-order valence-electron chi connectivity index (χ0n) is 13.6. The minimum atomic E-state index is -0.603. The van der Waals surface area contributed by atoms with E-state index in [0.717, 1.165) is 23.3 Å². The summed E-state index contributed by atoms with van der Waals surface area (Å²) in [6.07, 6.45) is 3.92. The van der Waals surface area contributed by atoms with Crippen LogP contribution in [-0.2, 0) is 13.0 Å². The monoisotopic (exact) mass is 373 g/mol. The molecule has 3 aromatic rings. The first kappa shape index (κ1) is 16.7. The summed E-state index contributed by atoms with van der Waals surface area (Å²) in [5.41, 5.74) is 2.44. The lowest BCUT2D eigenvalue weighted by Crippen LogP contribution is -2.06. The Bertz CT molecular complexity index is 943. The zero-order valence-corrected chi connectivity index (χ0v) is 14.4. The van der Waals surface area contributed by atoms with Crippen LogP contribution in [0.15, 0.2) is 42.7 Å². The molecule has 4 rings (SSSR count). The van der Waals surface area contributed by atoms with Crippen molar-refractivity contribution >= 4 is 17.4 Å². The molecule has 7 heteroatoms. The van der Waals surface area contributed by atoms with Gasteiger partial charge in [-0.05, 0) is 29.8 Å². The van der Waals surface area contributed by atoms with Crippen molar-refractivity contribution in [3.63, 3.8) is 0 Å². The lowest BCUT2D eigenvalue weighted by molar-refractivity contribution is 0.357. The van der Waals surface area contributed by atoms with Crippen molar-refractivity contribution in [3.05, 3.63) is 70.5 Å². The molecule has 0 saturated heterocycles. The number of rotatable bonds is 4. The fraction of sp³-hybridized carbons (Fsp3) is 0.158. The van der Waals surface area contributed by atoms with E-state index in [1.54, 1.807) is 12.3 Å². The highest BCUT2D eigenvalue weighted by atomic mass is 35.5. The topological polar surface area (TPSA) is 47.0 Å². The van der Waals surface area contributed by atoms with Crippen molar-refractivity contribution in [2.24, 2.45) is 0 Å². The third-order valence-corrected chi connectivity index (χ3v) is 4.53. The number of halogens is 3. The molecule has 2 heterocycles. The average molecular weight is 374 g/mol. The normalized spacial score (nSPS) is 12.6. The number of hydrogen-bond donors (Lipinski definition) is 1. The molecule has 1 aromatic heterocycles. The molecule has 2 aromatic carbocycles. The number of hydrogen-bond acceptors (Lipinski definition) is 4. The van der Waals surface area contributed by atoms with Gasteiger partial charge in [0, 0.05) is 24.1 Å². The highest BCUT2D eigenvalue weighted by Crippen LogP contribution is 2.35. The number of benzene rings is 2. The lowest BCUT2D eigenvalue weighted by atomic mass is 10.1. The predicted octanol–water partition coefficient (Wildman–Crippen LogP) is 4.62. The summed E-state index contributed by atoms with van der Waals surface area (Å²) in [6.45, 7) is 0.625. The van der Waals surface area contributed by atoms with Crippen molar-refractivity contribution in [2.45, 2.75) is 13.0 Å². The van der Waals surface area contributed by atoms with Gasteiger partial charge in [-0.15, -0.1) is 0 Å². The largest absolute Gasteiger partial charge is 0.493 e. The Morgan fingerprint density at radius 1 is 1.12 bits per heavy atom. The Morgan fingerprint density at radius 2 is 1.92 bits per heavy atom. The summed E-state index contributed by atoms with van der Waals surface area (Å²) < 4.78 is 32.8. The molecule has 1 aliphatic rings. The number of anilines is 1. The number of nitrogens with one attached hydrogen (secondary N) is 1. The number of fused-ring (bicyclic) bond motifs is 1. The fourth-order valence-electron chi connectivity index (χ4n) is 2.84. The van der Waals surface area contributed by atoms with Gasteiger partial charge in [0.05, 0.1) is 29.7 Å². The maximum Gasteiger partial charge on any atom is 0.144 e. The van der Waals surface area contributed by atoms with Crippen molar-refractivity contribution in [1.29, 1.82) is 0 Å². The van der Waals surface area contributed by atoms with E-state index in [1.807, 2.05) is 6.07 Å². The summed E-state index contributed by atoms with van der Waals surface area (Å²) in [5, 5.41) is 3.41. The average Bonchev–Trinajstić information content (AvgIpc) is 3.08. The summed E-state index contributed by atoms with van der Waals surface area (Å²) in [5.74, 6) is 0.0115.